The Morgan fingerprint density at radius 3 is 1.36 bits per heavy atom. The fourth-order valence-electron chi connectivity index (χ4n) is 8.83. The van der Waals surface area contributed by atoms with Gasteiger partial charge in [0.05, 0.1) is 56.0 Å². The molecule has 0 saturated heterocycles. The summed E-state index contributed by atoms with van der Waals surface area (Å²) in [5, 5.41) is 28.4. The Morgan fingerprint density at radius 2 is 0.782 bits per heavy atom. The highest BCUT2D eigenvalue weighted by molar-refractivity contribution is 6.19. The molecule has 254 valence electrons. The smallest absolute Gasteiger partial charge is 0.101 e. The van der Waals surface area contributed by atoms with Crippen LogP contribution in [0, 0.1) is 22.7 Å². The second kappa shape index (κ2) is 11.8. The van der Waals surface area contributed by atoms with E-state index >= 15 is 0 Å². The maximum Gasteiger partial charge on any atom is 0.101 e. The number of hydrogen-bond acceptors (Lipinski definition) is 2. The molecule has 0 amide bonds. The average Bonchev–Trinajstić information content (AvgIpc) is 3.88. The summed E-state index contributed by atoms with van der Waals surface area (Å²) in [4.78, 5) is 0. The molecule has 0 fully saturated rings. The van der Waals surface area contributed by atoms with Crippen molar-refractivity contribution in [2.75, 3.05) is 0 Å². The van der Waals surface area contributed by atoms with Gasteiger partial charge in [0.2, 0.25) is 0 Å². The largest absolute Gasteiger partial charge is 0.309 e. The quantitative estimate of drug-likeness (QED) is 0.184. The number of hydrogen-bond donors (Lipinski definition) is 0. The average molecular weight is 700 g/mol. The van der Waals surface area contributed by atoms with Gasteiger partial charge in [-0.3, -0.25) is 0 Å². The first-order valence-corrected chi connectivity index (χ1v) is 18.3. The van der Waals surface area contributed by atoms with Crippen LogP contribution < -0.4 is 0 Å². The van der Waals surface area contributed by atoms with Crippen molar-refractivity contribution >= 4 is 65.4 Å². The molecule has 0 unspecified atom stereocenters. The van der Waals surface area contributed by atoms with E-state index in [1.54, 1.807) is 12.1 Å². The Bertz CT molecular complexity index is 3400. The SMILES string of the molecule is N#Cc1ccc(C#N)c(-n2c3ccccc3c3cc4c5ccccc5n(-c5ccccc5)c4cc32)c1-c1cccc(-n2c3ccccc3c3ccccc32)c1. The zero-order valence-electron chi connectivity index (χ0n) is 29.5. The molecule has 0 aliphatic heterocycles. The highest BCUT2D eigenvalue weighted by atomic mass is 15.0. The number of nitriles is 2. The van der Waals surface area contributed by atoms with Gasteiger partial charge < -0.3 is 13.7 Å². The Morgan fingerprint density at radius 1 is 0.327 bits per heavy atom. The Hall–Kier alpha value is -7.86. The molecule has 3 aromatic heterocycles. The van der Waals surface area contributed by atoms with Crippen LogP contribution in [0.5, 0.6) is 0 Å². The van der Waals surface area contributed by atoms with E-state index in [1.165, 1.54) is 16.2 Å². The zero-order chi connectivity index (χ0) is 36.6. The van der Waals surface area contributed by atoms with E-state index in [9.17, 15) is 10.5 Å². The molecule has 3 heterocycles. The van der Waals surface area contributed by atoms with Crippen molar-refractivity contribution in [3.8, 4) is 40.3 Å². The van der Waals surface area contributed by atoms with Crippen LogP contribution in [0.25, 0.3) is 93.6 Å². The summed E-state index contributed by atoms with van der Waals surface area (Å²) >= 11 is 0. The number of fused-ring (bicyclic) bond motifs is 9. The highest BCUT2D eigenvalue weighted by Gasteiger charge is 2.24. The molecule has 55 heavy (non-hydrogen) atoms. The fourth-order valence-corrected chi connectivity index (χ4v) is 8.83. The van der Waals surface area contributed by atoms with E-state index in [0.29, 0.717) is 16.8 Å². The molecule has 8 aromatic carbocycles. The van der Waals surface area contributed by atoms with Crippen molar-refractivity contribution in [1.82, 2.24) is 13.7 Å². The molecular weight excluding hydrogens is 671 g/mol. The number of benzene rings is 8. The van der Waals surface area contributed by atoms with Crippen molar-refractivity contribution in [2.45, 2.75) is 0 Å². The van der Waals surface area contributed by atoms with Gasteiger partial charge in [-0.1, -0.05) is 103 Å². The molecule has 5 nitrogen and oxygen atoms in total. The second-order valence-corrected chi connectivity index (χ2v) is 14.0. The second-order valence-electron chi connectivity index (χ2n) is 14.0. The lowest BCUT2D eigenvalue weighted by atomic mass is 9.94. The minimum atomic E-state index is 0.489. The van der Waals surface area contributed by atoms with E-state index in [-0.39, 0.29) is 0 Å². The van der Waals surface area contributed by atoms with Gasteiger partial charge in [-0.2, -0.15) is 10.5 Å². The van der Waals surface area contributed by atoms with Crippen molar-refractivity contribution in [2.24, 2.45) is 0 Å². The molecule has 0 radical (unpaired) electrons. The van der Waals surface area contributed by atoms with Crippen molar-refractivity contribution in [3.05, 3.63) is 187 Å². The first-order valence-electron chi connectivity index (χ1n) is 18.3. The summed E-state index contributed by atoms with van der Waals surface area (Å²) in [5.41, 5.74) is 11.6. The third-order valence-corrected chi connectivity index (χ3v) is 11.1. The predicted molar refractivity (Wildman–Crippen MR) is 224 cm³/mol. The standard InChI is InChI=1S/C50H29N5/c51-30-33-25-26-34(31-52)50(49(33)32-13-12-16-36(27-32)54-43-21-8-4-17-37(43)38-18-5-9-22-44(38)54)55-46-24-11-7-20-40(46)42-28-41-39-19-6-10-23-45(39)53(47(41)29-48(42)55)35-14-2-1-3-15-35/h1-29H. The van der Waals surface area contributed by atoms with Gasteiger partial charge in [0.1, 0.15) is 6.07 Å². The summed E-state index contributed by atoms with van der Waals surface area (Å²) in [6.45, 7) is 0. The van der Waals surface area contributed by atoms with Gasteiger partial charge in [0.15, 0.2) is 0 Å². The van der Waals surface area contributed by atoms with E-state index in [0.717, 1.165) is 71.8 Å². The molecule has 0 spiro atoms. The van der Waals surface area contributed by atoms with Gasteiger partial charge >= 0.3 is 0 Å². The van der Waals surface area contributed by atoms with Gasteiger partial charge in [0, 0.05) is 49.3 Å². The Kier molecular flexibility index (Phi) is 6.61. The predicted octanol–water partition coefficient (Wildman–Crippen LogP) is 12.4. The lowest BCUT2D eigenvalue weighted by Crippen LogP contribution is -2.04. The van der Waals surface area contributed by atoms with E-state index in [4.69, 9.17) is 0 Å². The van der Waals surface area contributed by atoms with Gasteiger partial charge in [-0.25, -0.2) is 0 Å². The maximum atomic E-state index is 10.8. The van der Waals surface area contributed by atoms with E-state index in [2.05, 4.69) is 171 Å². The van der Waals surface area contributed by atoms with Crippen LogP contribution >= 0.6 is 0 Å². The molecule has 0 saturated carbocycles. The fraction of sp³-hybridized carbons (Fsp3) is 0. The molecule has 0 aliphatic carbocycles. The maximum absolute atomic E-state index is 10.8. The first-order chi connectivity index (χ1) is 27.2. The number of nitrogens with zero attached hydrogens (tertiary/aromatic N) is 5. The first kappa shape index (κ1) is 30.7. The van der Waals surface area contributed by atoms with E-state index in [1.807, 2.05) is 18.2 Å². The molecule has 0 N–H and O–H groups in total. The van der Waals surface area contributed by atoms with Gasteiger partial charge in [-0.05, 0) is 78.4 Å². The lowest BCUT2D eigenvalue weighted by Gasteiger charge is -2.18. The molecule has 0 atom stereocenters. The van der Waals surface area contributed by atoms with Crippen molar-refractivity contribution in [1.29, 1.82) is 10.5 Å². The van der Waals surface area contributed by atoms with E-state index < -0.39 is 0 Å². The topological polar surface area (TPSA) is 62.4 Å². The highest BCUT2D eigenvalue weighted by Crippen LogP contribution is 2.43. The normalized spacial score (nSPS) is 11.6. The summed E-state index contributed by atoms with van der Waals surface area (Å²) in [7, 11) is 0. The van der Waals surface area contributed by atoms with Crippen LogP contribution in [0.2, 0.25) is 0 Å². The summed E-state index contributed by atoms with van der Waals surface area (Å²) < 4.78 is 6.81. The van der Waals surface area contributed by atoms with Crippen molar-refractivity contribution < 1.29 is 0 Å². The third kappa shape index (κ3) is 4.39. The lowest BCUT2D eigenvalue weighted by molar-refractivity contribution is 1.15. The molecule has 0 aliphatic rings. The molecule has 5 heteroatoms. The van der Waals surface area contributed by atoms with Crippen molar-refractivity contribution in [3.63, 3.8) is 0 Å². The van der Waals surface area contributed by atoms with Crippen LogP contribution in [0.4, 0.5) is 0 Å². The summed E-state index contributed by atoms with van der Waals surface area (Å²) in [5.74, 6) is 0. The Balaban J connectivity index is 1.25. The number of rotatable bonds is 4. The summed E-state index contributed by atoms with van der Waals surface area (Å²) in [6.07, 6.45) is 0. The number of para-hydroxylation sites is 5. The van der Waals surface area contributed by atoms with Gasteiger partial charge in [-0.15, -0.1) is 0 Å². The van der Waals surface area contributed by atoms with Crippen LogP contribution in [0.15, 0.2) is 176 Å². The third-order valence-electron chi connectivity index (χ3n) is 11.1. The number of aromatic nitrogens is 3. The monoisotopic (exact) mass is 699 g/mol. The summed E-state index contributed by atoms with van der Waals surface area (Å²) in [6, 6.07) is 65.8. The van der Waals surface area contributed by atoms with Crippen LogP contribution in [-0.4, -0.2) is 13.7 Å². The van der Waals surface area contributed by atoms with Crippen LogP contribution in [0.1, 0.15) is 11.1 Å². The molecule has 11 rings (SSSR count). The molecule has 11 aromatic rings. The minimum Gasteiger partial charge on any atom is -0.309 e. The molecular formula is C50H29N5. The minimum absolute atomic E-state index is 0.489. The Labute approximate surface area is 316 Å². The van der Waals surface area contributed by atoms with Crippen LogP contribution in [-0.2, 0) is 0 Å². The zero-order valence-corrected chi connectivity index (χ0v) is 29.5. The molecule has 0 bridgehead atoms. The van der Waals surface area contributed by atoms with Crippen LogP contribution in [0.3, 0.4) is 0 Å². The van der Waals surface area contributed by atoms with Gasteiger partial charge in [0.25, 0.3) is 0 Å².